The lowest BCUT2D eigenvalue weighted by Gasteiger charge is -2.38. The average molecular weight is 1050 g/mol. The van der Waals surface area contributed by atoms with E-state index in [0.717, 1.165) is 130 Å². The zero-order chi connectivity index (χ0) is 53.6. The molecule has 0 unspecified atom stereocenters. The summed E-state index contributed by atoms with van der Waals surface area (Å²) in [4.78, 5) is 83.9. The SMILES string of the molecule is CCc1cc2ncc(CN3CCN(c4ccc(C(=O)N5CCN(CC6CCN(CCOc7cccc(C(=O)N8CCc9c(nc(C(=O)Nc%10ccc(OC(C)C)cc%10)n9C(C)C)C8)c7)CC6)CC5)nc4)CC3)cc2[nH]c1=O. The van der Waals surface area contributed by atoms with Crippen molar-refractivity contribution in [2.75, 3.05) is 102 Å². The monoisotopic (exact) mass is 1050 g/mol. The van der Waals surface area contributed by atoms with Crippen molar-refractivity contribution in [1.29, 1.82) is 0 Å². The van der Waals surface area contributed by atoms with Crippen LogP contribution in [0.25, 0.3) is 11.0 Å². The number of anilines is 2. The number of nitrogens with zero attached hydrogens (tertiary/aromatic N) is 10. The van der Waals surface area contributed by atoms with Gasteiger partial charge in [-0.3, -0.25) is 38.9 Å². The summed E-state index contributed by atoms with van der Waals surface area (Å²) in [5, 5.41) is 2.99. The average Bonchev–Trinajstić information content (AvgIpc) is 3.92. The molecular formula is C59H74N12O6. The number of hydrogen-bond donors (Lipinski definition) is 2. The molecule has 2 N–H and O–H groups in total. The summed E-state index contributed by atoms with van der Waals surface area (Å²) in [5.41, 5.74) is 7.85. The van der Waals surface area contributed by atoms with Crippen molar-refractivity contribution < 1.29 is 23.9 Å². The normalized spacial score (nSPS) is 17.1. The lowest BCUT2D eigenvalue weighted by molar-refractivity contribution is 0.0578. The van der Waals surface area contributed by atoms with Gasteiger partial charge in [-0.15, -0.1) is 0 Å². The zero-order valence-corrected chi connectivity index (χ0v) is 45.4. The Labute approximate surface area is 451 Å². The highest BCUT2D eigenvalue weighted by molar-refractivity contribution is 6.02. The Kier molecular flexibility index (Phi) is 16.6. The summed E-state index contributed by atoms with van der Waals surface area (Å²) in [7, 11) is 0. The minimum atomic E-state index is -0.293. The molecule has 3 amide bonds. The van der Waals surface area contributed by atoms with Crippen LogP contribution in [0.2, 0.25) is 0 Å². The van der Waals surface area contributed by atoms with E-state index in [1.54, 1.807) is 4.90 Å². The van der Waals surface area contributed by atoms with Crippen LogP contribution in [0.15, 0.2) is 90.0 Å². The van der Waals surface area contributed by atoms with Crippen LogP contribution in [0.5, 0.6) is 11.5 Å². The third kappa shape index (κ3) is 12.8. The first-order chi connectivity index (χ1) is 37.3. The molecule has 2 aromatic carbocycles. The smallest absolute Gasteiger partial charge is 0.291 e. The number of carbonyl (C=O) groups is 3. The number of imidazole rings is 1. The van der Waals surface area contributed by atoms with Crippen molar-refractivity contribution in [3.8, 4) is 11.5 Å². The number of rotatable bonds is 17. The maximum atomic E-state index is 13.9. The second-order valence-corrected chi connectivity index (χ2v) is 21.6. The van der Waals surface area contributed by atoms with Gasteiger partial charge in [-0.05, 0) is 138 Å². The number of fused-ring (bicyclic) bond motifs is 2. The predicted octanol–water partition coefficient (Wildman–Crippen LogP) is 6.77. The van der Waals surface area contributed by atoms with Crippen molar-refractivity contribution in [2.24, 2.45) is 5.92 Å². The molecule has 0 aliphatic carbocycles. The van der Waals surface area contributed by atoms with Crippen molar-refractivity contribution in [3.63, 3.8) is 0 Å². The molecule has 0 radical (unpaired) electrons. The van der Waals surface area contributed by atoms with Crippen LogP contribution in [-0.4, -0.2) is 165 Å². The molecule has 4 aliphatic heterocycles. The zero-order valence-electron chi connectivity index (χ0n) is 45.4. The van der Waals surface area contributed by atoms with Crippen LogP contribution < -0.4 is 25.2 Å². The summed E-state index contributed by atoms with van der Waals surface area (Å²) in [6.07, 6.45) is 7.34. The third-order valence-electron chi connectivity index (χ3n) is 15.5. The number of hydrogen-bond acceptors (Lipinski definition) is 13. The predicted molar refractivity (Wildman–Crippen MR) is 298 cm³/mol. The molecule has 4 aromatic heterocycles. The molecule has 4 aliphatic rings. The summed E-state index contributed by atoms with van der Waals surface area (Å²) in [5.74, 6) is 1.98. The maximum Gasteiger partial charge on any atom is 0.291 e. The summed E-state index contributed by atoms with van der Waals surface area (Å²) in [6.45, 7) is 22.7. The second kappa shape index (κ2) is 24.0. The Hall–Kier alpha value is -7.15. The van der Waals surface area contributed by atoms with Gasteiger partial charge < -0.3 is 39.0 Å². The first kappa shape index (κ1) is 53.3. The first-order valence-electron chi connectivity index (χ1n) is 27.7. The molecule has 77 heavy (non-hydrogen) atoms. The van der Waals surface area contributed by atoms with Gasteiger partial charge in [0.25, 0.3) is 23.3 Å². The molecule has 0 saturated carbocycles. The molecule has 8 heterocycles. The van der Waals surface area contributed by atoms with E-state index in [2.05, 4.69) is 39.9 Å². The molecule has 18 heteroatoms. The summed E-state index contributed by atoms with van der Waals surface area (Å²) >= 11 is 0. The molecular weight excluding hydrogens is 973 g/mol. The Balaban J connectivity index is 0.618. The van der Waals surface area contributed by atoms with E-state index in [1.165, 1.54) is 0 Å². The fourth-order valence-electron chi connectivity index (χ4n) is 11.3. The molecule has 10 rings (SSSR count). The van der Waals surface area contributed by atoms with Crippen LogP contribution in [0.1, 0.15) is 107 Å². The Morgan fingerprint density at radius 1 is 0.766 bits per heavy atom. The standard InChI is InChI=1S/C59H74N12O6/c1-6-44-34-51-52(64-56(44)72)32-43(35-60-51)38-67-22-26-68(27-23-67)47-12-15-50(61-36-47)59(75)69-28-24-66(25-29-69)37-42-16-19-65(20-17-42)30-31-76-49-9-7-8-45(33-49)58(74)70-21-18-54-53(39-70)63-55(71(54)40(2)3)57(73)62-46-10-13-48(14-11-46)77-41(4)5/h7-15,32-36,40-42H,6,16-31,37-39H2,1-5H3,(H,62,73)(H,64,72). The van der Waals surface area contributed by atoms with E-state index >= 15 is 0 Å². The van der Waals surface area contributed by atoms with Gasteiger partial charge in [0, 0.05) is 120 Å². The number of aromatic nitrogens is 5. The largest absolute Gasteiger partial charge is 0.492 e. The van der Waals surface area contributed by atoms with Gasteiger partial charge in [-0.2, -0.15) is 0 Å². The van der Waals surface area contributed by atoms with Crippen molar-refractivity contribution >= 4 is 40.1 Å². The van der Waals surface area contributed by atoms with E-state index in [1.807, 2.05) is 129 Å². The number of ether oxygens (including phenoxy) is 2. The molecule has 0 bridgehead atoms. The molecule has 3 fully saturated rings. The lowest BCUT2D eigenvalue weighted by Crippen LogP contribution is -2.50. The highest BCUT2D eigenvalue weighted by Crippen LogP contribution is 2.28. The first-order valence-corrected chi connectivity index (χ1v) is 27.7. The Morgan fingerprint density at radius 3 is 2.25 bits per heavy atom. The van der Waals surface area contributed by atoms with Gasteiger partial charge in [-0.1, -0.05) is 13.0 Å². The highest BCUT2D eigenvalue weighted by atomic mass is 16.5. The second-order valence-electron chi connectivity index (χ2n) is 21.6. The van der Waals surface area contributed by atoms with Crippen LogP contribution >= 0.6 is 0 Å². The third-order valence-corrected chi connectivity index (χ3v) is 15.5. The van der Waals surface area contributed by atoms with Crippen LogP contribution in [0.3, 0.4) is 0 Å². The number of pyridine rings is 3. The number of amides is 3. The Bertz CT molecular complexity index is 3080. The van der Waals surface area contributed by atoms with Gasteiger partial charge in [0.1, 0.15) is 23.8 Å². The number of piperazine rings is 2. The number of benzene rings is 2. The van der Waals surface area contributed by atoms with E-state index in [-0.39, 0.29) is 35.4 Å². The van der Waals surface area contributed by atoms with Crippen LogP contribution in [-0.2, 0) is 25.9 Å². The number of carbonyl (C=O) groups excluding carboxylic acids is 3. The molecule has 18 nitrogen and oxygen atoms in total. The van der Waals surface area contributed by atoms with Gasteiger partial charge in [0.05, 0.1) is 41.3 Å². The van der Waals surface area contributed by atoms with Crippen LogP contribution in [0.4, 0.5) is 11.4 Å². The van der Waals surface area contributed by atoms with Crippen molar-refractivity contribution in [3.05, 3.63) is 135 Å². The maximum absolute atomic E-state index is 13.9. The number of aryl methyl sites for hydroxylation is 1. The fourth-order valence-corrected chi connectivity index (χ4v) is 11.3. The van der Waals surface area contributed by atoms with Crippen molar-refractivity contribution in [2.45, 2.75) is 85.5 Å². The molecule has 3 saturated heterocycles. The van der Waals surface area contributed by atoms with Gasteiger partial charge in [-0.25, -0.2) is 9.97 Å². The molecule has 406 valence electrons. The quantitative estimate of drug-likeness (QED) is 0.0980. The van der Waals surface area contributed by atoms with E-state index in [4.69, 9.17) is 14.5 Å². The van der Waals surface area contributed by atoms with Gasteiger partial charge in [0.2, 0.25) is 0 Å². The summed E-state index contributed by atoms with van der Waals surface area (Å²) < 4.78 is 14.0. The number of aromatic amines is 1. The van der Waals surface area contributed by atoms with E-state index in [9.17, 15) is 19.2 Å². The van der Waals surface area contributed by atoms with Gasteiger partial charge >= 0.3 is 0 Å². The topological polar surface area (TPSA) is 178 Å². The number of piperidine rings is 1. The van der Waals surface area contributed by atoms with E-state index < -0.39 is 0 Å². The number of likely N-dealkylation sites (tertiary alicyclic amines) is 1. The van der Waals surface area contributed by atoms with Crippen molar-refractivity contribution in [1.82, 2.24) is 49.0 Å². The number of nitrogens with one attached hydrogen (secondary N) is 2. The number of H-pyrrole nitrogens is 1. The molecule has 0 atom stereocenters. The van der Waals surface area contributed by atoms with Crippen LogP contribution in [0, 0.1) is 5.92 Å². The lowest BCUT2D eigenvalue weighted by atomic mass is 9.96. The Morgan fingerprint density at radius 2 is 1.53 bits per heavy atom. The van der Waals surface area contributed by atoms with Gasteiger partial charge in [0.15, 0.2) is 5.82 Å². The minimum absolute atomic E-state index is 0.00336. The highest BCUT2D eigenvalue weighted by Gasteiger charge is 2.31. The van der Waals surface area contributed by atoms with E-state index in [0.29, 0.717) is 80.1 Å². The molecule has 0 spiro atoms. The minimum Gasteiger partial charge on any atom is -0.492 e. The summed E-state index contributed by atoms with van der Waals surface area (Å²) in [6, 6.07) is 22.6. The fraction of sp³-hybridized carbons (Fsp3) is 0.475. The molecule has 6 aromatic rings.